The zero-order valence-electron chi connectivity index (χ0n) is 13.9. The van der Waals surface area contributed by atoms with E-state index in [1.54, 1.807) is 35.5 Å². The van der Waals surface area contributed by atoms with Gasteiger partial charge in [-0.2, -0.15) is 0 Å². The van der Waals surface area contributed by atoms with Crippen molar-refractivity contribution < 1.29 is 19.5 Å². The van der Waals surface area contributed by atoms with Crippen molar-refractivity contribution in [1.82, 2.24) is 4.98 Å². The smallest absolute Gasteiger partial charge is 0.307 e. The molecule has 1 aliphatic heterocycles. The van der Waals surface area contributed by atoms with E-state index in [2.05, 4.69) is 10.3 Å². The van der Waals surface area contributed by atoms with Gasteiger partial charge in [0.25, 0.3) is 5.91 Å². The van der Waals surface area contributed by atoms with Crippen molar-refractivity contribution in [3.8, 4) is 0 Å². The first kappa shape index (κ1) is 16.3. The van der Waals surface area contributed by atoms with Crippen molar-refractivity contribution in [2.45, 2.75) is 12.8 Å². The number of aliphatic carboxylic acids is 1. The molecule has 2 heterocycles. The SMILES string of the molecule is O=C(O)C1CC1C(=O)Nc1ccc2c(c1)CCN2C(=O)c1cccnc1. The molecule has 2 unspecified atom stereocenters. The number of aromatic nitrogens is 1. The molecule has 2 atom stereocenters. The first-order valence-corrected chi connectivity index (χ1v) is 8.43. The van der Waals surface area contributed by atoms with Gasteiger partial charge in [-0.15, -0.1) is 0 Å². The number of carboxylic acids is 1. The molecule has 1 aromatic heterocycles. The molecule has 0 radical (unpaired) electrons. The third-order valence-corrected chi connectivity index (χ3v) is 4.84. The minimum Gasteiger partial charge on any atom is -0.481 e. The molecule has 1 aliphatic carbocycles. The number of rotatable bonds is 4. The second-order valence-electron chi connectivity index (χ2n) is 6.57. The van der Waals surface area contributed by atoms with Crippen LogP contribution in [0.4, 0.5) is 11.4 Å². The van der Waals surface area contributed by atoms with Crippen molar-refractivity contribution in [2.24, 2.45) is 11.8 Å². The maximum Gasteiger partial charge on any atom is 0.307 e. The van der Waals surface area contributed by atoms with Crippen LogP contribution in [-0.4, -0.2) is 34.4 Å². The number of benzene rings is 1. The van der Waals surface area contributed by atoms with Gasteiger partial charge >= 0.3 is 5.97 Å². The van der Waals surface area contributed by atoms with E-state index in [-0.39, 0.29) is 11.8 Å². The van der Waals surface area contributed by atoms with E-state index in [4.69, 9.17) is 5.11 Å². The predicted octanol–water partition coefficient (Wildman–Crippen LogP) is 1.94. The van der Waals surface area contributed by atoms with E-state index in [1.165, 1.54) is 0 Å². The Labute approximate surface area is 149 Å². The zero-order chi connectivity index (χ0) is 18.3. The quantitative estimate of drug-likeness (QED) is 0.877. The summed E-state index contributed by atoms with van der Waals surface area (Å²) >= 11 is 0. The molecule has 1 fully saturated rings. The highest BCUT2D eigenvalue weighted by molar-refractivity contribution is 6.07. The van der Waals surface area contributed by atoms with Gasteiger partial charge in [-0.05, 0) is 48.7 Å². The lowest BCUT2D eigenvalue weighted by Gasteiger charge is -2.17. The molecule has 0 spiro atoms. The van der Waals surface area contributed by atoms with Crippen LogP contribution in [0, 0.1) is 11.8 Å². The average Bonchev–Trinajstić information content (AvgIpc) is 3.36. The maximum absolute atomic E-state index is 12.6. The molecule has 2 aliphatic rings. The molecule has 2 amide bonds. The van der Waals surface area contributed by atoms with Crippen LogP contribution in [0.5, 0.6) is 0 Å². The molecule has 7 heteroatoms. The van der Waals surface area contributed by atoms with Crippen LogP contribution in [0.15, 0.2) is 42.7 Å². The molecule has 2 N–H and O–H groups in total. The van der Waals surface area contributed by atoms with E-state index < -0.39 is 17.8 Å². The Bertz CT molecular complexity index is 897. The minimum atomic E-state index is -0.927. The summed E-state index contributed by atoms with van der Waals surface area (Å²) in [5.74, 6) is -2.32. The summed E-state index contributed by atoms with van der Waals surface area (Å²) in [7, 11) is 0. The van der Waals surface area contributed by atoms with Gasteiger partial charge in [-0.3, -0.25) is 19.4 Å². The van der Waals surface area contributed by atoms with E-state index in [0.717, 1.165) is 11.3 Å². The van der Waals surface area contributed by atoms with Crippen LogP contribution in [-0.2, 0) is 16.0 Å². The number of carbonyl (C=O) groups is 3. The topological polar surface area (TPSA) is 99.6 Å². The van der Waals surface area contributed by atoms with Gasteiger partial charge in [-0.1, -0.05) is 0 Å². The monoisotopic (exact) mass is 351 g/mol. The summed E-state index contributed by atoms with van der Waals surface area (Å²) < 4.78 is 0. The number of hydrogen-bond acceptors (Lipinski definition) is 4. The Morgan fingerprint density at radius 1 is 1.19 bits per heavy atom. The summed E-state index contributed by atoms with van der Waals surface area (Å²) in [5.41, 5.74) is 2.96. The lowest BCUT2D eigenvalue weighted by molar-refractivity contribution is -0.139. The summed E-state index contributed by atoms with van der Waals surface area (Å²) in [6, 6.07) is 8.86. The summed E-state index contributed by atoms with van der Waals surface area (Å²) in [5, 5.41) is 11.7. The van der Waals surface area contributed by atoms with Gasteiger partial charge < -0.3 is 15.3 Å². The number of nitrogens with zero attached hydrogens (tertiary/aromatic N) is 2. The largest absolute Gasteiger partial charge is 0.481 e. The van der Waals surface area contributed by atoms with Crippen LogP contribution in [0.1, 0.15) is 22.3 Å². The second kappa shape index (κ2) is 6.25. The van der Waals surface area contributed by atoms with Gasteiger partial charge in [0.2, 0.25) is 5.91 Å². The van der Waals surface area contributed by atoms with Crippen LogP contribution >= 0.6 is 0 Å². The number of amides is 2. The fraction of sp³-hybridized carbons (Fsp3) is 0.263. The summed E-state index contributed by atoms with van der Waals surface area (Å²) in [6.45, 7) is 0.574. The molecule has 7 nitrogen and oxygen atoms in total. The van der Waals surface area contributed by atoms with Gasteiger partial charge in [-0.25, -0.2) is 0 Å². The zero-order valence-corrected chi connectivity index (χ0v) is 13.9. The van der Waals surface area contributed by atoms with Gasteiger partial charge in [0.15, 0.2) is 0 Å². The van der Waals surface area contributed by atoms with Gasteiger partial charge in [0.05, 0.1) is 17.4 Å². The Morgan fingerprint density at radius 3 is 2.73 bits per heavy atom. The molecular formula is C19H17N3O4. The van der Waals surface area contributed by atoms with E-state index >= 15 is 0 Å². The van der Waals surface area contributed by atoms with Crippen molar-refractivity contribution >= 4 is 29.2 Å². The van der Waals surface area contributed by atoms with Gasteiger partial charge in [0, 0.05) is 30.3 Å². The Balaban J connectivity index is 1.48. The Morgan fingerprint density at radius 2 is 2.04 bits per heavy atom. The molecule has 1 aromatic carbocycles. The van der Waals surface area contributed by atoms with Crippen molar-refractivity contribution in [3.05, 3.63) is 53.9 Å². The number of hydrogen-bond donors (Lipinski definition) is 2. The van der Waals surface area contributed by atoms with Crippen molar-refractivity contribution in [1.29, 1.82) is 0 Å². The highest BCUT2D eigenvalue weighted by Crippen LogP contribution is 2.40. The van der Waals surface area contributed by atoms with Crippen LogP contribution in [0.25, 0.3) is 0 Å². The van der Waals surface area contributed by atoms with Crippen molar-refractivity contribution in [2.75, 3.05) is 16.8 Å². The van der Waals surface area contributed by atoms with E-state index in [0.29, 0.717) is 30.6 Å². The first-order chi connectivity index (χ1) is 12.5. The lowest BCUT2D eigenvalue weighted by Crippen LogP contribution is -2.28. The number of anilines is 2. The van der Waals surface area contributed by atoms with Crippen LogP contribution in [0.2, 0.25) is 0 Å². The molecule has 132 valence electrons. The van der Waals surface area contributed by atoms with Crippen LogP contribution < -0.4 is 10.2 Å². The molecule has 26 heavy (non-hydrogen) atoms. The van der Waals surface area contributed by atoms with E-state index in [9.17, 15) is 14.4 Å². The fourth-order valence-electron chi connectivity index (χ4n) is 3.33. The minimum absolute atomic E-state index is 0.101. The molecule has 2 aromatic rings. The van der Waals surface area contributed by atoms with Gasteiger partial charge in [0.1, 0.15) is 0 Å². The molecule has 1 saturated carbocycles. The average molecular weight is 351 g/mol. The summed E-state index contributed by atoms with van der Waals surface area (Å²) in [6.07, 6.45) is 4.26. The standard InChI is InChI=1S/C19H17N3O4/c23-17(14-9-15(14)19(25)26)21-13-3-4-16-11(8-13)5-7-22(16)18(24)12-2-1-6-20-10-12/h1-4,6,8,10,14-15H,5,7,9H2,(H,21,23)(H,25,26). The Hall–Kier alpha value is -3.22. The highest BCUT2D eigenvalue weighted by atomic mass is 16.4. The molecular weight excluding hydrogens is 334 g/mol. The van der Waals surface area contributed by atoms with Crippen molar-refractivity contribution in [3.63, 3.8) is 0 Å². The lowest BCUT2D eigenvalue weighted by atomic mass is 10.1. The first-order valence-electron chi connectivity index (χ1n) is 8.43. The fourth-order valence-corrected chi connectivity index (χ4v) is 3.33. The predicted molar refractivity (Wildman–Crippen MR) is 93.9 cm³/mol. The third kappa shape index (κ3) is 2.92. The second-order valence-corrected chi connectivity index (χ2v) is 6.57. The number of nitrogens with one attached hydrogen (secondary N) is 1. The number of carboxylic acid groups (broad SMARTS) is 1. The molecule has 0 bridgehead atoms. The number of carbonyl (C=O) groups excluding carboxylic acids is 2. The third-order valence-electron chi connectivity index (χ3n) is 4.84. The normalized spacial score (nSPS) is 20.4. The Kier molecular flexibility index (Phi) is 3.91. The maximum atomic E-state index is 12.6. The summed E-state index contributed by atoms with van der Waals surface area (Å²) in [4.78, 5) is 41.3. The number of fused-ring (bicyclic) bond motifs is 1. The molecule has 4 rings (SSSR count). The highest BCUT2D eigenvalue weighted by Gasteiger charge is 2.48. The van der Waals surface area contributed by atoms with E-state index in [1.807, 2.05) is 12.1 Å². The molecule has 0 saturated heterocycles. The number of pyridine rings is 1. The van der Waals surface area contributed by atoms with Crippen LogP contribution in [0.3, 0.4) is 0 Å².